The van der Waals surface area contributed by atoms with Crippen LogP contribution in [0, 0.1) is 0 Å². The maximum Gasteiger partial charge on any atom is 0.0360 e. The zero-order valence-electron chi connectivity index (χ0n) is 8.02. The third-order valence-electron chi connectivity index (χ3n) is 1.10. The maximum absolute atomic E-state index is 5.54. The molecule has 0 saturated carbocycles. The summed E-state index contributed by atoms with van der Waals surface area (Å²) in [6, 6.07) is 0. The van der Waals surface area contributed by atoms with Gasteiger partial charge in [-0.25, -0.2) is 0 Å². The van der Waals surface area contributed by atoms with Crippen molar-refractivity contribution in [2.75, 3.05) is 0 Å². The normalized spacial score (nSPS) is 11.2. The first-order valence-electron chi connectivity index (χ1n) is 4.17. The Labute approximate surface area is 76.0 Å². The van der Waals surface area contributed by atoms with Crippen LogP contribution in [0.3, 0.4) is 0 Å². The van der Waals surface area contributed by atoms with Gasteiger partial charge in [-0.05, 0) is 19.9 Å². The smallest absolute Gasteiger partial charge is 0.0360 e. The molecule has 0 aromatic rings. The minimum absolute atomic E-state index is 0.794. The summed E-state index contributed by atoms with van der Waals surface area (Å²) >= 11 is 5.54. The first-order chi connectivity index (χ1) is 5.22. The van der Waals surface area contributed by atoms with Gasteiger partial charge in [0.15, 0.2) is 0 Å². The predicted molar refractivity (Wildman–Crippen MR) is 55.0 cm³/mol. The van der Waals surface area contributed by atoms with Crippen LogP contribution in [-0.2, 0) is 0 Å². The molecule has 0 aromatic carbocycles. The fourth-order valence-electron chi connectivity index (χ4n) is 0.255. The third kappa shape index (κ3) is 17.7. The predicted octanol–water partition coefficient (Wildman–Crippen LogP) is 4.51. The van der Waals surface area contributed by atoms with Gasteiger partial charge in [0.05, 0.1) is 0 Å². The molecular weight excluding hydrogens is 156 g/mol. The van der Waals surface area contributed by atoms with E-state index in [0.29, 0.717) is 0 Å². The number of unbranched alkanes of at least 4 members (excludes halogenated alkanes) is 1. The standard InChI is InChI=1S/C6H9Cl.C4H10/c1-3-5-6(7)4-2;1-3-4-2/h3-5H,1-2H3;3-4H2,1-2H3/b5-3-,6-4+;. The van der Waals surface area contributed by atoms with E-state index < -0.39 is 0 Å². The Morgan fingerprint density at radius 1 is 1.18 bits per heavy atom. The first kappa shape index (κ1) is 13.4. The van der Waals surface area contributed by atoms with Gasteiger partial charge >= 0.3 is 0 Å². The van der Waals surface area contributed by atoms with E-state index in [1.54, 1.807) is 0 Å². The summed E-state index contributed by atoms with van der Waals surface area (Å²) in [5.74, 6) is 0. The minimum atomic E-state index is 0.794. The summed E-state index contributed by atoms with van der Waals surface area (Å²) < 4.78 is 0. The average molecular weight is 175 g/mol. The van der Waals surface area contributed by atoms with Crippen LogP contribution < -0.4 is 0 Å². The van der Waals surface area contributed by atoms with E-state index in [1.165, 1.54) is 12.8 Å². The van der Waals surface area contributed by atoms with Gasteiger partial charge in [-0.15, -0.1) is 0 Å². The molecule has 0 bridgehead atoms. The molecule has 0 heterocycles. The highest BCUT2D eigenvalue weighted by molar-refractivity contribution is 6.31. The molecule has 0 amide bonds. The number of allylic oxidation sites excluding steroid dienone is 4. The minimum Gasteiger partial charge on any atom is -0.0862 e. The molecule has 0 aromatic heterocycles. The van der Waals surface area contributed by atoms with Crippen LogP contribution >= 0.6 is 11.6 Å². The largest absolute Gasteiger partial charge is 0.0862 e. The van der Waals surface area contributed by atoms with Crippen molar-refractivity contribution in [3.8, 4) is 0 Å². The van der Waals surface area contributed by atoms with E-state index in [1.807, 2.05) is 32.1 Å². The van der Waals surface area contributed by atoms with Crippen molar-refractivity contribution < 1.29 is 0 Å². The van der Waals surface area contributed by atoms with Crippen LogP contribution in [0.4, 0.5) is 0 Å². The molecule has 0 saturated heterocycles. The molecule has 0 aliphatic carbocycles. The average Bonchev–Trinajstić information content (AvgIpc) is 2.05. The monoisotopic (exact) mass is 174 g/mol. The van der Waals surface area contributed by atoms with E-state index >= 15 is 0 Å². The van der Waals surface area contributed by atoms with Gasteiger partial charge in [-0.2, -0.15) is 0 Å². The molecule has 66 valence electrons. The van der Waals surface area contributed by atoms with Crippen LogP contribution in [0.25, 0.3) is 0 Å². The highest BCUT2D eigenvalue weighted by Crippen LogP contribution is 2.00. The second-order valence-electron chi connectivity index (χ2n) is 2.17. The fourth-order valence-corrected chi connectivity index (χ4v) is 0.381. The summed E-state index contributed by atoms with van der Waals surface area (Å²) in [4.78, 5) is 0. The van der Waals surface area contributed by atoms with Crippen LogP contribution in [0.2, 0.25) is 0 Å². The summed E-state index contributed by atoms with van der Waals surface area (Å²) in [5, 5.41) is 0.794. The Balaban J connectivity index is 0. The van der Waals surface area contributed by atoms with E-state index in [-0.39, 0.29) is 0 Å². The molecule has 0 N–H and O–H groups in total. The molecule has 0 spiro atoms. The maximum atomic E-state index is 5.54. The second kappa shape index (κ2) is 12.4. The van der Waals surface area contributed by atoms with Crippen molar-refractivity contribution in [1.29, 1.82) is 0 Å². The molecule has 0 aliphatic rings. The molecule has 0 unspecified atom stereocenters. The number of halogens is 1. The summed E-state index contributed by atoms with van der Waals surface area (Å²) in [6.07, 6.45) is 8.24. The number of hydrogen-bond donors (Lipinski definition) is 0. The quantitative estimate of drug-likeness (QED) is 0.541. The molecule has 1 heteroatoms. The van der Waals surface area contributed by atoms with Crippen molar-refractivity contribution in [1.82, 2.24) is 0 Å². The van der Waals surface area contributed by atoms with Crippen molar-refractivity contribution in [3.63, 3.8) is 0 Å². The SMILES string of the molecule is C/C=C\C(Cl)=C/C.CCCC. The molecule has 0 rings (SSSR count). The Morgan fingerprint density at radius 2 is 1.64 bits per heavy atom. The highest BCUT2D eigenvalue weighted by atomic mass is 35.5. The van der Waals surface area contributed by atoms with Crippen LogP contribution in [0.15, 0.2) is 23.3 Å². The number of hydrogen-bond acceptors (Lipinski definition) is 0. The van der Waals surface area contributed by atoms with Gasteiger partial charge in [-0.1, -0.05) is 50.4 Å². The van der Waals surface area contributed by atoms with Gasteiger partial charge in [0.2, 0.25) is 0 Å². The van der Waals surface area contributed by atoms with Gasteiger partial charge < -0.3 is 0 Å². The first-order valence-corrected chi connectivity index (χ1v) is 4.55. The highest BCUT2D eigenvalue weighted by Gasteiger charge is 1.73. The summed E-state index contributed by atoms with van der Waals surface area (Å²) in [7, 11) is 0. The Bertz CT molecular complexity index is 110. The Kier molecular flexibility index (Phi) is 15.1. The second-order valence-corrected chi connectivity index (χ2v) is 2.61. The molecule has 0 fully saturated rings. The molecular formula is C10H19Cl. The fraction of sp³-hybridized carbons (Fsp3) is 0.600. The topological polar surface area (TPSA) is 0 Å². The molecule has 11 heavy (non-hydrogen) atoms. The molecule has 0 aliphatic heterocycles. The summed E-state index contributed by atoms with van der Waals surface area (Å²) in [5.41, 5.74) is 0. The lowest BCUT2D eigenvalue weighted by Gasteiger charge is -1.78. The third-order valence-corrected chi connectivity index (χ3v) is 1.45. The molecule has 0 radical (unpaired) electrons. The zero-order chi connectivity index (χ0) is 9.11. The Morgan fingerprint density at radius 3 is 1.73 bits per heavy atom. The lowest BCUT2D eigenvalue weighted by molar-refractivity contribution is 0.886. The van der Waals surface area contributed by atoms with E-state index in [0.717, 1.165) is 5.03 Å². The Hall–Kier alpha value is -0.230. The van der Waals surface area contributed by atoms with Crippen molar-refractivity contribution in [2.24, 2.45) is 0 Å². The zero-order valence-corrected chi connectivity index (χ0v) is 8.78. The summed E-state index contributed by atoms with van der Waals surface area (Å²) in [6.45, 7) is 8.20. The van der Waals surface area contributed by atoms with Crippen LogP contribution in [0.5, 0.6) is 0 Å². The van der Waals surface area contributed by atoms with Crippen molar-refractivity contribution >= 4 is 11.6 Å². The lowest BCUT2D eigenvalue weighted by atomic mass is 10.4. The van der Waals surface area contributed by atoms with Gasteiger partial charge in [0, 0.05) is 5.03 Å². The molecule has 0 nitrogen and oxygen atoms in total. The van der Waals surface area contributed by atoms with E-state index in [9.17, 15) is 0 Å². The van der Waals surface area contributed by atoms with Gasteiger partial charge in [-0.3, -0.25) is 0 Å². The lowest BCUT2D eigenvalue weighted by Crippen LogP contribution is -1.54. The van der Waals surface area contributed by atoms with Crippen molar-refractivity contribution in [2.45, 2.75) is 40.5 Å². The van der Waals surface area contributed by atoms with Gasteiger partial charge in [0.1, 0.15) is 0 Å². The van der Waals surface area contributed by atoms with Crippen molar-refractivity contribution in [3.05, 3.63) is 23.3 Å². The molecule has 0 atom stereocenters. The number of rotatable bonds is 2. The van der Waals surface area contributed by atoms with Crippen LogP contribution in [-0.4, -0.2) is 0 Å². The van der Waals surface area contributed by atoms with E-state index in [4.69, 9.17) is 11.6 Å². The van der Waals surface area contributed by atoms with Crippen LogP contribution in [0.1, 0.15) is 40.5 Å². The van der Waals surface area contributed by atoms with Gasteiger partial charge in [0.25, 0.3) is 0 Å². The van der Waals surface area contributed by atoms with E-state index in [2.05, 4.69) is 13.8 Å².